The maximum Gasteiger partial charge on any atom is 0.492 e. The summed E-state index contributed by atoms with van der Waals surface area (Å²) in [6.07, 6.45) is 0. The predicted octanol–water partition coefficient (Wildman–Crippen LogP) is 0.119. The monoisotopic (exact) mass is 124 g/mol. The fourth-order valence-electron chi connectivity index (χ4n) is 0.439. The predicted molar refractivity (Wildman–Crippen MR) is 30.8 cm³/mol. The van der Waals surface area contributed by atoms with Crippen LogP contribution < -0.4 is 0 Å². The average molecular weight is 124 g/mol. The molecule has 1 aliphatic rings. The number of hydrogen-bond acceptors (Lipinski definition) is 1. The summed E-state index contributed by atoms with van der Waals surface area (Å²) in [5.74, 6) is -1.04. The number of carbonyl (C=O) groups is 1. The minimum absolute atomic E-state index is 0.323. The van der Waals surface area contributed by atoms with Crippen LogP contribution in [0.5, 0.6) is 0 Å². The van der Waals surface area contributed by atoms with Crippen molar-refractivity contribution >= 4 is 5.97 Å². The molecule has 1 unspecified atom stereocenters. The van der Waals surface area contributed by atoms with E-state index in [0.717, 1.165) is 0 Å². The van der Waals surface area contributed by atoms with Crippen LogP contribution >= 0.6 is 0 Å². The lowest BCUT2D eigenvalue weighted by atomic mass is 10.3. The van der Waals surface area contributed by atoms with Crippen LogP contribution in [0.15, 0.2) is 0 Å². The summed E-state index contributed by atoms with van der Waals surface area (Å²) in [6, 6.07) is 3.81. The lowest BCUT2D eigenvalue weighted by Crippen LogP contribution is -2.14. The molecule has 0 aromatic heterocycles. The standard InChI is InChI=1S/C5H3N2O2/c8-5(9)4-3-6-1-2-7-4/h4H,1H2/q+1/p+1. The van der Waals surface area contributed by atoms with Crippen molar-refractivity contribution in [3.63, 3.8) is 0 Å². The molecule has 4 nitrogen and oxygen atoms in total. The highest BCUT2D eigenvalue weighted by atomic mass is 16.4. The molecule has 0 spiro atoms. The Morgan fingerprint density at radius 3 is 2.89 bits per heavy atom. The molecule has 0 saturated heterocycles. The minimum atomic E-state index is -1.04. The second-order valence-electron chi connectivity index (χ2n) is 1.47. The third kappa shape index (κ3) is 1.17. The molecule has 1 aliphatic heterocycles. The van der Waals surface area contributed by atoms with E-state index in [9.17, 15) is 4.79 Å². The van der Waals surface area contributed by atoms with Gasteiger partial charge in [-0.3, -0.25) is 0 Å². The van der Waals surface area contributed by atoms with E-state index in [-0.39, 0.29) is 0 Å². The number of hydrogen-bond donors (Lipinski definition) is 1. The Morgan fingerprint density at radius 2 is 2.56 bits per heavy atom. The van der Waals surface area contributed by atoms with E-state index in [1.165, 1.54) is 0 Å². The van der Waals surface area contributed by atoms with Gasteiger partial charge in [-0.1, -0.05) is 4.85 Å². The SMILES string of the molecule is O=C(O)C1C#[N+]CC#[N+]1. The molecule has 1 heterocycles. The van der Waals surface area contributed by atoms with Gasteiger partial charge in [-0.05, 0) is 4.85 Å². The molecule has 4 heteroatoms. The van der Waals surface area contributed by atoms with Crippen LogP contribution in [0.1, 0.15) is 0 Å². The zero-order valence-electron chi connectivity index (χ0n) is 4.53. The molecule has 0 aromatic rings. The lowest BCUT2D eigenvalue weighted by molar-refractivity contribution is -0.136. The number of aliphatic carboxylic acids is 1. The smallest absolute Gasteiger partial charge is 0.474 e. The van der Waals surface area contributed by atoms with Gasteiger partial charge in [0.05, 0.1) is 0 Å². The van der Waals surface area contributed by atoms with Crippen molar-refractivity contribution in [3.8, 4) is 12.1 Å². The summed E-state index contributed by atoms with van der Waals surface area (Å²) in [5.41, 5.74) is 0. The highest BCUT2D eigenvalue weighted by Crippen LogP contribution is 1.93. The topological polar surface area (TPSA) is 46.0 Å². The van der Waals surface area contributed by atoms with Crippen molar-refractivity contribution in [1.29, 1.82) is 0 Å². The van der Waals surface area contributed by atoms with Crippen LogP contribution in [0.3, 0.4) is 0 Å². The number of nitrogens with zero attached hydrogens (tertiary/aromatic N) is 2. The molecule has 1 atom stereocenters. The van der Waals surface area contributed by atoms with Crippen LogP contribution in [-0.4, -0.2) is 23.7 Å². The Hall–Kier alpha value is -1.55. The van der Waals surface area contributed by atoms with Crippen molar-refractivity contribution in [1.82, 2.24) is 0 Å². The highest BCUT2D eigenvalue weighted by molar-refractivity contribution is 5.79. The largest absolute Gasteiger partial charge is 0.492 e. The van der Waals surface area contributed by atoms with Crippen LogP contribution in [0.2, 0.25) is 0 Å². The Balaban J connectivity index is 2.71. The van der Waals surface area contributed by atoms with E-state index in [1.54, 1.807) is 0 Å². The second-order valence-corrected chi connectivity index (χ2v) is 1.47. The molecule has 1 rings (SSSR count). The van der Waals surface area contributed by atoms with Gasteiger partial charge in [0, 0.05) is 0 Å². The fourth-order valence-corrected chi connectivity index (χ4v) is 0.439. The maximum atomic E-state index is 10.1. The molecule has 9 heavy (non-hydrogen) atoms. The first-order chi connectivity index (χ1) is 4.30. The van der Waals surface area contributed by atoms with Gasteiger partial charge in [0.2, 0.25) is 0 Å². The lowest BCUT2D eigenvalue weighted by Gasteiger charge is -1.75. The molecular formula is C5H4N2O2+2. The molecule has 1 N–H and O–H groups in total. The van der Waals surface area contributed by atoms with E-state index in [2.05, 4.69) is 21.8 Å². The number of carboxylic acid groups (broad SMARTS) is 1. The van der Waals surface area contributed by atoms with Crippen LogP contribution in [-0.2, 0) is 4.79 Å². The van der Waals surface area contributed by atoms with Crippen molar-refractivity contribution in [2.24, 2.45) is 0 Å². The van der Waals surface area contributed by atoms with Gasteiger partial charge < -0.3 is 5.11 Å². The maximum absolute atomic E-state index is 10.1. The van der Waals surface area contributed by atoms with Gasteiger partial charge in [0.1, 0.15) is 0 Å². The molecule has 0 bridgehead atoms. The average Bonchev–Trinajstić information content (AvgIpc) is 1.90. The second kappa shape index (κ2) is 2.15. The molecule has 0 amide bonds. The van der Waals surface area contributed by atoms with Gasteiger partial charge in [-0.25, -0.2) is 4.79 Å². The van der Waals surface area contributed by atoms with Gasteiger partial charge in [-0.2, -0.15) is 0 Å². The Bertz CT molecular complexity index is 230. The van der Waals surface area contributed by atoms with E-state index in [4.69, 9.17) is 5.11 Å². The van der Waals surface area contributed by atoms with E-state index in [0.29, 0.717) is 6.54 Å². The van der Waals surface area contributed by atoms with Crippen LogP contribution in [0.4, 0.5) is 0 Å². The molecule has 0 aromatic carbocycles. The van der Waals surface area contributed by atoms with Crippen molar-refractivity contribution in [2.75, 3.05) is 6.54 Å². The normalized spacial score (nSPS) is 20.7. The number of carboxylic acids is 1. The van der Waals surface area contributed by atoms with E-state index in [1.807, 2.05) is 0 Å². The summed E-state index contributed by atoms with van der Waals surface area (Å²) < 4.78 is 0. The van der Waals surface area contributed by atoms with Crippen LogP contribution in [0.25, 0.3) is 9.69 Å². The molecule has 0 aliphatic carbocycles. The van der Waals surface area contributed by atoms with Gasteiger partial charge in [-0.15, -0.1) is 0 Å². The van der Waals surface area contributed by atoms with Crippen LogP contribution in [0, 0.1) is 12.1 Å². The van der Waals surface area contributed by atoms with Crippen molar-refractivity contribution < 1.29 is 9.90 Å². The number of rotatable bonds is 1. The van der Waals surface area contributed by atoms with Gasteiger partial charge >= 0.3 is 30.7 Å². The summed E-state index contributed by atoms with van der Waals surface area (Å²) in [5, 5.41) is 8.28. The first-order valence-corrected chi connectivity index (χ1v) is 2.38. The first-order valence-electron chi connectivity index (χ1n) is 2.38. The Kier molecular flexibility index (Phi) is 1.33. The quantitative estimate of drug-likeness (QED) is 0.504. The summed E-state index contributed by atoms with van der Waals surface area (Å²) in [4.78, 5) is 17.1. The fraction of sp³-hybridized carbons (Fsp3) is 0.400. The Labute approximate surface area is 51.4 Å². The van der Waals surface area contributed by atoms with Gasteiger partial charge in [0.25, 0.3) is 0 Å². The zero-order valence-corrected chi connectivity index (χ0v) is 4.53. The molecular weight excluding hydrogens is 120 g/mol. The zero-order chi connectivity index (χ0) is 6.69. The minimum Gasteiger partial charge on any atom is -0.474 e. The van der Waals surface area contributed by atoms with Gasteiger partial charge in [0.15, 0.2) is 0 Å². The first kappa shape index (κ1) is 5.58. The van der Waals surface area contributed by atoms with Crippen molar-refractivity contribution in [3.05, 3.63) is 9.69 Å². The third-order valence-corrected chi connectivity index (χ3v) is 0.818. The van der Waals surface area contributed by atoms with Crippen molar-refractivity contribution in [2.45, 2.75) is 6.04 Å². The summed E-state index contributed by atoms with van der Waals surface area (Å²) in [7, 11) is 0. The molecule has 0 fully saturated rings. The summed E-state index contributed by atoms with van der Waals surface area (Å²) >= 11 is 0. The summed E-state index contributed by atoms with van der Waals surface area (Å²) in [6.45, 7) is 0.323. The molecule has 0 radical (unpaired) electrons. The third-order valence-electron chi connectivity index (χ3n) is 0.818. The molecule has 44 valence electrons. The van der Waals surface area contributed by atoms with E-state index >= 15 is 0 Å². The van der Waals surface area contributed by atoms with E-state index < -0.39 is 12.0 Å². The Morgan fingerprint density at radius 1 is 1.78 bits per heavy atom. The molecule has 0 saturated carbocycles. The highest BCUT2D eigenvalue weighted by Gasteiger charge is 2.33.